The summed E-state index contributed by atoms with van der Waals surface area (Å²) in [6.45, 7) is 1.65. The Morgan fingerprint density at radius 2 is 2.12 bits per heavy atom. The number of halogens is 3. The third kappa shape index (κ3) is 2.09. The number of nitrogens with one attached hydrogen (secondary N) is 2. The lowest BCUT2D eigenvalue weighted by atomic mass is 10.2. The molecule has 4 nitrogen and oxygen atoms in total. The summed E-state index contributed by atoms with van der Waals surface area (Å²) >= 11 is 0. The van der Waals surface area contributed by atoms with Gasteiger partial charge in [0, 0.05) is 26.2 Å². The quantitative estimate of drug-likeness (QED) is 0.755. The van der Waals surface area contributed by atoms with Crippen LogP contribution in [0, 0.1) is 0 Å². The minimum Gasteiger partial charge on any atom is -0.336 e. The first kappa shape index (κ1) is 11.5. The maximum Gasteiger partial charge on any atom is 0.406 e. The molecule has 1 saturated heterocycles. The molecule has 1 saturated carbocycles. The van der Waals surface area contributed by atoms with Gasteiger partial charge in [-0.1, -0.05) is 0 Å². The Balaban J connectivity index is 1.74. The van der Waals surface area contributed by atoms with Crippen LogP contribution in [-0.4, -0.2) is 48.8 Å². The van der Waals surface area contributed by atoms with Crippen LogP contribution in [-0.2, 0) is 0 Å². The Morgan fingerprint density at radius 1 is 1.44 bits per heavy atom. The zero-order valence-electron chi connectivity index (χ0n) is 8.73. The lowest BCUT2D eigenvalue weighted by Crippen LogP contribution is -2.47. The second-order valence-corrected chi connectivity index (χ2v) is 4.23. The molecule has 0 spiro atoms. The minimum absolute atomic E-state index is 0.142. The van der Waals surface area contributed by atoms with Crippen molar-refractivity contribution in [2.24, 2.45) is 0 Å². The number of hydrogen-bond acceptors (Lipinski definition) is 2. The van der Waals surface area contributed by atoms with Crippen LogP contribution in [0.5, 0.6) is 0 Å². The molecule has 0 aromatic heterocycles. The van der Waals surface area contributed by atoms with E-state index >= 15 is 0 Å². The fraction of sp³-hybridized carbons (Fsp3) is 0.889. The van der Waals surface area contributed by atoms with E-state index in [4.69, 9.17) is 0 Å². The maximum atomic E-state index is 12.5. The van der Waals surface area contributed by atoms with Crippen LogP contribution in [0.25, 0.3) is 0 Å². The van der Waals surface area contributed by atoms with Crippen LogP contribution in [0.15, 0.2) is 0 Å². The van der Waals surface area contributed by atoms with Crippen molar-refractivity contribution in [2.45, 2.75) is 24.6 Å². The number of urea groups is 1. The number of alkyl halides is 3. The molecular weight excluding hydrogens is 223 g/mol. The van der Waals surface area contributed by atoms with Gasteiger partial charge < -0.3 is 15.5 Å². The third-order valence-corrected chi connectivity index (χ3v) is 3.08. The van der Waals surface area contributed by atoms with Crippen molar-refractivity contribution >= 4 is 6.03 Å². The van der Waals surface area contributed by atoms with Crippen molar-refractivity contribution in [3.8, 4) is 0 Å². The van der Waals surface area contributed by atoms with Crippen molar-refractivity contribution in [3.63, 3.8) is 0 Å². The zero-order valence-corrected chi connectivity index (χ0v) is 8.73. The van der Waals surface area contributed by atoms with E-state index in [1.54, 1.807) is 0 Å². The van der Waals surface area contributed by atoms with Crippen LogP contribution in [0.1, 0.15) is 12.8 Å². The standard InChI is InChI=1S/C9H14F3N3O/c10-9(11,12)8(1-2-8)14-4-6-15-5-3-13-7(15)16/h14H,1-6H2,(H,13,16). The highest BCUT2D eigenvalue weighted by Crippen LogP contribution is 2.48. The Labute approximate surface area is 91.2 Å². The Hall–Kier alpha value is -0.980. The second kappa shape index (κ2) is 3.80. The summed E-state index contributed by atoms with van der Waals surface area (Å²) < 4.78 is 37.6. The van der Waals surface area contributed by atoms with Crippen LogP contribution in [0.2, 0.25) is 0 Å². The van der Waals surface area contributed by atoms with Gasteiger partial charge in [-0.05, 0) is 12.8 Å². The van der Waals surface area contributed by atoms with Gasteiger partial charge in [-0.2, -0.15) is 13.2 Å². The number of amides is 2. The summed E-state index contributed by atoms with van der Waals surface area (Å²) in [7, 11) is 0. The molecule has 2 aliphatic rings. The van der Waals surface area contributed by atoms with Crippen molar-refractivity contribution in [1.82, 2.24) is 15.5 Å². The highest BCUT2D eigenvalue weighted by Gasteiger charge is 2.62. The molecule has 2 amide bonds. The number of carbonyl (C=O) groups excluding carboxylic acids is 1. The van der Waals surface area contributed by atoms with Crippen molar-refractivity contribution in [1.29, 1.82) is 0 Å². The topological polar surface area (TPSA) is 44.4 Å². The van der Waals surface area contributed by atoms with Gasteiger partial charge in [-0.25, -0.2) is 4.79 Å². The molecule has 7 heteroatoms. The molecule has 0 aromatic rings. The van der Waals surface area contributed by atoms with E-state index in [-0.39, 0.29) is 25.4 Å². The van der Waals surface area contributed by atoms with Gasteiger partial charge in [-0.3, -0.25) is 0 Å². The largest absolute Gasteiger partial charge is 0.406 e. The van der Waals surface area contributed by atoms with Crippen molar-refractivity contribution in [2.75, 3.05) is 26.2 Å². The van der Waals surface area contributed by atoms with E-state index in [0.717, 1.165) is 0 Å². The Bertz CT molecular complexity index is 288. The van der Waals surface area contributed by atoms with E-state index in [0.29, 0.717) is 19.6 Å². The van der Waals surface area contributed by atoms with Crippen molar-refractivity contribution < 1.29 is 18.0 Å². The number of carbonyl (C=O) groups is 1. The highest BCUT2D eigenvalue weighted by atomic mass is 19.4. The molecule has 0 radical (unpaired) electrons. The fourth-order valence-electron chi connectivity index (χ4n) is 1.84. The summed E-state index contributed by atoms with van der Waals surface area (Å²) in [5.41, 5.74) is -1.68. The molecule has 2 fully saturated rings. The molecular formula is C9H14F3N3O. The molecule has 0 atom stereocenters. The highest BCUT2D eigenvalue weighted by molar-refractivity contribution is 5.76. The zero-order chi connectivity index (χ0) is 11.8. The monoisotopic (exact) mass is 237 g/mol. The molecule has 2 rings (SSSR count). The summed E-state index contributed by atoms with van der Waals surface area (Å²) in [6, 6.07) is -0.196. The minimum atomic E-state index is -4.18. The van der Waals surface area contributed by atoms with Crippen molar-refractivity contribution in [3.05, 3.63) is 0 Å². The molecule has 1 aliphatic heterocycles. The first-order valence-corrected chi connectivity index (χ1v) is 5.29. The van der Waals surface area contributed by atoms with Gasteiger partial charge in [0.15, 0.2) is 0 Å². The molecule has 1 heterocycles. The molecule has 2 N–H and O–H groups in total. The Kier molecular flexibility index (Phi) is 2.73. The Morgan fingerprint density at radius 3 is 2.56 bits per heavy atom. The second-order valence-electron chi connectivity index (χ2n) is 4.23. The lowest BCUT2D eigenvalue weighted by molar-refractivity contribution is -0.165. The summed E-state index contributed by atoms with van der Waals surface area (Å²) in [5, 5.41) is 5.11. The molecule has 92 valence electrons. The number of hydrogen-bond donors (Lipinski definition) is 2. The van der Waals surface area contributed by atoms with E-state index in [1.807, 2.05) is 0 Å². The third-order valence-electron chi connectivity index (χ3n) is 3.08. The average molecular weight is 237 g/mol. The van der Waals surface area contributed by atoms with Gasteiger partial charge in [0.05, 0.1) is 0 Å². The molecule has 0 bridgehead atoms. The molecule has 16 heavy (non-hydrogen) atoms. The van der Waals surface area contributed by atoms with E-state index in [9.17, 15) is 18.0 Å². The van der Waals surface area contributed by atoms with Gasteiger partial charge in [0.25, 0.3) is 0 Å². The fourth-order valence-corrected chi connectivity index (χ4v) is 1.84. The van der Waals surface area contributed by atoms with Crippen LogP contribution >= 0.6 is 0 Å². The van der Waals surface area contributed by atoms with Gasteiger partial charge in [-0.15, -0.1) is 0 Å². The first-order valence-electron chi connectivity index (χ1n) is 5.29. The normalized spacial score (nSPS) is 23.4. The molecule has 1 aliphatic carbocycles. The first-order chi connectivity index (χ1) is 7.45. The van der Waals surface area contributed by atoms with E-state index in [2.05, 4.69) is 10.6 Å². The summed E-state index contributed by atoms with van der Waals surface area (Å²) in [6.07, 6.45) is -3.90. The summed E-state index contributed by atoms with van der Waals surface area (Å²) in [4.78, 5) is 12.6. The summed E-state index contributed by atoms with van der Waals surface area (Å²) in [5.74, 6) is 0. The predicted molar refractivity (Wildman–Crippen MR) is 51.0 cm³/mol. The molecule has 0 unspecified atom stereocenters. The van der Waals surface area contributed by atoms with Crippen LogP contribution in [0.3, 0.4) is 0 Å². The molecule has 0 aromatic carbocycles. The average Bonchev–Trinajstić information content (AvgIpc) is 2.87. The smallest absolute Gasteiger partial charge is 0.336 e. The maximum absolute atomic E-state index is 12.5. The van der Waals surface area contributed by atoms with Gasteiger partial charge in [0.2, 0.25) is 0 Å². The SMILES string of the molecule is O=C1NCCN1CCNC1(C(F)(F)F)CC1. The van der Waals surface area contributed by atoms with Crippen LogP contribution in [0.4, 0.5) is 18.0 Å². The van der Waals surface area contributed by atoms with E-state index in [1.165, 1.54) is 4.90 Å². The number of nitrogens with zero attached hydrogens (tertiary/aromatic N) is 1. The van der Waals surface area contributed by atoms with Crippen LogP contribution < -0.4 is 10.6 Å². The van der Waals surface area contributed by atoms with Gasteiger partial charge >= 0.3 is 12.2 Å². The number of rotatable bonds is 4. The van der Waals surface area contributed by atoms with E-state index < -0.39 is 11.7 Å². The predicted octanol–water partition coefficient (Wildman–Crippen LogP) is 0.696. The lowest BCUT2D eigenvalue weighted by Gasteiger charge is -2.22. The van der Waals surface area contributed by atoms with Gasteiger partial charge in [0.1, 0.15) is 5.54 Å².